The average molecular weight is 147 g/mol. The van der Waals surface area contributed by atoms with E-state index in [0.29, 0.717) is 13.4 Å². The quantitative estimate of drug-likeness (QED) is 0.334. The van der Waals surface area contributed by atoms with Gasteiger partial charge in [0.25, 0.3) is 0 Å². The summed E-state index contributed by atoms with van der Waals surface area (Å²) in [5, 5.41) is 0. The first-order valence-electron chi connectivity index (χ1n) is 3.84. The SMILES string of the molecule is CCCCNOCOCC. The predicted octanol–water partition coefficient (Wildman–Crippen LogP) is 1.30. The Morgan fingerprint density at radius 1 is 1.30 bits per heavy atom. The molecule has 0 saturated heterocycles. The van der Waals surface area contributed by atoms with Gasteiger partial charge >= 0.3 is 0 Å². The van der Waals surface area contributed by atoms with Gasteiger partial charge in [0.1, 0.15) is 0 Å². The molecule has 0 unspecified atom stereocenters. The van der Waals surface area contributed by atoms with E-state index < -0.39 is 0 Å². The van der Waals surface area contributed by atoms with Crippen LogP contribution >= 0.6 is 0 Å². The van der Waals surface area contributed by atoms with Gasteiger partial charge in [0.2, 0.25) is 0 Å². The summed E-state index contributed by atoms with van der Waals surface area (Å²) in [7, 11) is 0. The van der Waals surface area contributed by atoms with Crippen LogP contribution in [0.2, 0.25) is 0 Å². The van der Waals surface area contributed by atoms with Crippen molar-refractivity contribution in [2.75, 3.05) is 19.9 Å². The fourth-order valence-corrected chi connectivity index (χ4v) is 0.488. The maximum Gasteiger partial charge on any atom is 0.166 e. The molecule has 0 spiro atoms. The van der Waals surface area contributed by atoms with Gasteiger partial charge in [-0.25, -0.2) is 0 Å². The van der Waals surface area contributed by atoms with Crippen LogP contribution in [0.3, 0.4) is 0 Å². The zero-order valence-corrected chi connectivity index (χ0v) is 6.85. The highest BCUT2D eigenvalue weighted by molar-refractivity contribution is 4.32. The molecular weight excluding hydrogens is 130 g/mol. The van der Waals surface area contributed by atoms with Crippen molar-refractivity contribution >= 4 is 0 Å². The summed E-state index contributed by atoms with van der Waals surface area (Å²) in [5.41, 5.74) is 2.80. The van der Waals surface area contributed by atoms with Crippen LogP contribution in [0.5, 0.6) is 0 Å². The summed E-state index contributed by atoms with van der Waals surface area (Å²) in [5.74, 6) is 0. The van der Waals surface area contributed by atoms with Crippen LogP contribution in [0.4, 0.5) is 0 Å². The number of hydroxylamine groups is 1. The third-order valence-corrected chi connectivity index (χ3v) is 1.08. The van der Waals surface area contributed by atoms with Crippen LogP contribution in [0.1, 0.15) is 26.7 Å². The molecule has 0 fully saturated rings. The van der Waals surface area contributed by atoms with E-state index in [4.69, 9.17) is 9.57 Å². The largest absolute Gasteiger partial charge is 0.354 e. The molecule has 3 heteroatoms. The average Bonchev–Trinajstić information content (AvgIpc) is 1.97. The molecule has 0 aliphatic heterocycles. The Kier molecular flexibility index (Phi) is 8.77. The smallest absolute Gasteiger partial charge is 0.166 e. The van der Waals surface area contributed by atoms with Crippen molar-refractivity contribution in [3.63, 3.8) is 0 Å². The van der Waals surface area contributed by atoms with Gasteiger partial charge in [0.05, 0.1) is 0 Å². The monoisotopic (exact) mass is 147 g/mol. The number of nitrogens with one attached hydrogen (secondary N) is 1. The second-order valence-electron chi connectivity index (χ2n) is 2.00. The molecule has 0 aliphatic carbocycles. The second kappa shape index (κ2) is 8.88. The molecule has 62 valence electrons. The molecule has 0 aliphatic rings. The van der Waals surface area contributed by atoms with Crippen LogP contribution in [0.15, 0.2) is 0 Å². The summed E-state index contributed by atoms with van der Waals surface area (Å²) in [4.78, 5) is 4.90. The Labute approximate surface area is 62.7 Å². The Morgan fingerprint density at radius 2 is 2.10 bits per heavy atom. The van der Waals surface area contributed by atoms with Crippen molar-refractivity contribution in [1.82, 2.24) is 5.48 Å². The summed E-state index contributed by atoms with van der Waals surface area (Å²) < 4.78 is 4.93. The highest BCUT2D eigenvalue weighted by Gasteiger charge is 1.84. The molecule has 0 saturated carbocycles. The first-order chi connectivity index (χ1) is 4.91. The summed E-state index contributed by atoms with van der Waals surface area (Å²) in [6, 6.07) is 0. The molecule has 0 atom stereocenters. The highest BCUT2D eigenvalue weighted by Crippen LogP contribution is 1.82. The lowest BCUT2D eigenvalue weighted by Crippen LogP contribution is -2.17. The lowest BCUT2D eigenvalue weighted by atomic mass is 10.3. The fraction of sp³-hybridized carbons (Fsp3) is 1.00. The Morgan fingerprint density at radius 3 is 2.70 bits per heavy atom. The fourth-order valence-electron chi connectivity index (χ4n) is 0.488. The molecule has 10 heavy (non-hydrogen) atoms. The maximum absolute atomic E-state index is 4.93. The third-order valence-electron chi connectivity index (χ3n) is 1.08. The lowest BCUT2D eigenvalue weighted by molar-refractivity contribution is -0.0956. The van der Waals surface area contributed by atoms with E-state index in [1.165, 1.54) is 6.42 Å². The molecule has 0 radical (unpaired) electrons. The van der Waals surface area contributed by atoms with Crippen molar-refractivity contribution in [3.8, 4) is 0 Å². The van der Waals surface area contributed by atoms with Gasteiger partial charge in [-0.2, -0.15) is 5.48 Å². The van der Waals surface area contributed by atoms with E-state index in [-0.39, 0.29) is 0 Å². The van der Waals surface area contributed by atoms with Crippen LogP contribution in [-0.4, -0.2) is 19.9 Å². The van der Waals surface area contributed by atoms with Crippen molar-refractivity contribution in [1.29, 1.82) is 0 Å². The standard InChI is InChI=1S/C7H17NO2/c1-3-5-6-8-10-7-9-4-2/h8H,3-7H2,1-2H3. The minimum Gasteiger partial charge on any atom is -0.354 e. The van der Waals surface area contributed by atoms with Crippen molar-refractivity contribution in [2.24, 2.45) is 0 Å². The molecule has 0 heterocycles. The van der Waals surface area contributed by atoms with Crippen LogP contribution in [-0.2, 0) is 9.57 Å². The third kappa shape index (κ3) is 7.88. The predicted molar refractivity (Wildman–Crippen MR) is 40.5 cm³/mol. The number of unbranched alkanes of at least 4 members (excludes halogenated alkanes) is 1. The van der Waals surface area contributed by atoms with Crippen molar-refractivity contribution in [2.45, 2.75) is 26.7 Å². The highest BCUT2D eigenvalue weighted by atomic mass is 16.7. The van der Waals surface area contributed by atoms with Gasteiger partial charge in [0, 0.05) is 13.2 Å². The molecule has 3 nitrogen and oxygen atoms in total. The Hall–Kier alpha value is -0.120. The molecule has 0 aromatic carbocycles. The van der Waals surface area contributed by atoms with E-state index in [1.807, 2.05) is 6.92 Å². The van der Waals surface area contributed by atoms with E-state index in [1.54, 1.807) is 0 Å². The van der Waals surface area contributed by atoms with Crippen LogP contribution in [0, 0.1) is 0 Å². The van der Waals surface area contributed by atoms with Gasteiger partial charge < -0.3 is 4.74 Å². The zero-order chi connectivity index (χ0) is 7.66. The van der Waals surface area contributed by atoms with E-state index in [0.717, 1.165) is 13.0 Å². The second-order valence-corrected chi connectivity index (χ2v) is 2.00. The minimum absolute atomic E-state index is 0.347. The number of hydrogen-bond donors (Lipinski definition) is 1. The van der Waals surface area contributed by atoms with Gasteiger partial charge in [0.15, 0.2) is 6.79 Å². The Balaban J connectivity index is 2.65. The van der Waals surface area contributed by atoms with Gasteiger partial charge in [-0.3, -0.25) is 4.84 Å². The maximum atomic E-state index is 4.93. The van der Waals surface area contributed by atoms with Gasteiger partial charge in [-0.15, -0.1) is 0 Å². The van der Waals surface area contributed by atoms with Crippen molar-refractivity contribution in [3.05, 3.63) is 0 Å². The minimum atomic E-state index is 0.347. The van der Waals surface area contributed by atoms with Gasteiger partial charge in [-0.05, 0) is 13.3 Å². The number of rotatable bonds is 7. The number of ether oxygens (including phenoxy) is 1. The number of hydrogen-bond acceptors (Lipinski definition) is 3. The first-order valence-corrected chi connectivity index (χ1v) is 3.84. The van der Waals surface area contributed by atoms with E-state index >= 15 is 0 Å². The van der Waals surface area contributed by atoms with Crippen LogP contribution in [0.25, 0.3) is 0 Å². The van der Waals surface area contributed by atoms with Gasteiger partial charge in [-0.1, -0.05) is 13.3 Å². The molecule has 0 amide bonds. The van der Waals surface area contributed by atoms with Crippen molar-refractivity contribution < 1.29 is 9.57 Å². The molecule has 0 aromatic rings. The van der Waals surface area contributed by atoms with E-state index in [2.05, 4.69) is 12.4 Å². The summed E-state index contributed by atoms with van der Waals surface area (Å²) in [6.45, 7) is 6.04. The molecular formula is C7H17NO2. The van der Waals surface area contributed by atoms with Crippen LogP contribution < -0.4 is 5.48 Å². The normalized spacial score (nSPS) is 10.2. The molecule has 0 aromatic heterocycles. The lowest BCUT2D eigenvalue weighted by Gasteiger charge is -2.03. The van der Waals surface area contributed by atoms with E-state index in [9.17, 15) is 0 Å². The molecule has 0 rings (SSSR count). The first kappa shape index (κ1) is 9.88. The summed E-state index contributed by atoms with van der Waals surface area (Å²) >= 11 is 0. The molecule has 1 N–H and O–H groups in total. The Bertz CT molecular complexity index is 51.6. The topological polar surface area (TPSA) is 30.5 Å². The molecule has 0 bridgehead atoms. The summed E-state index contributed by atoms with van der Waals surface area (Å²) in [6.07, 6.45) is 2.33. The zero-order valence-electron chi connectivity index (χ0n) is 6.85.